The van der Waals surface area contributed by atoms with Gasteiger partial charge in [0.25, 0.3) is 0 Å². The van der Waals surface area contributed by atoms with Gasteiger partial charge in [-0.1, -0.05) is 12.1 Å². The molecule has 0 bridgehead atoms. The molecule has 0 N–H and O–H groups in total. The summed E-state index contributed by atoms with van der Waals surface area (Å²) < 4.78 is 43.1. The molecule has 8 heteroatoms. The monoisotopic (exact) mass is 404 g/mol. The maximum atomic E-state index is 13.2. The Bertz CT molecular complexity index is 976. The van der Waals surface area contributed by atoms with Crippen LogP contribution < -0.4 is 9.64 Å². The average Bonchev–Trinajstić information content (AvgIpc) is 2.99. The van der Waals surface area contributed by atoms with Crippen molar-refractivity contribution in [3.8, 4) is 5.75 Å². The van der Waals surface area contributed by atoms with Gasteiger partial charge in [-0.05, 0) is 42.0 Å². The molecular formula is C20H21FN2O4S. The number of carbonyl (C=O) groups is 1. The minimum Gasteiger partial charge on any atom is -0.497 e. The number of sulfone groups is 1. The van der Waals surface area contributed by atoms with E-state index >= 15 is 0 Å². The molecular weight excluding hydrogens is 383 g/mol. The summed E-state index contributed by atoms with van der Waals surface area (Å²) in [5, 5.41) is 0. The van der Waals surface area contributed by atoms with Gasteiger partial charge in [0.1, 0.15) is 11.6 Å². The third-order valence-electron chi connectivity index (χ3n) is 5.35. The first-order chi connectivity index (χ1) is 13.4. The van der Waals surface area contributed by atoms with Crippen LogP contribution in [0.3, 0.4) is 0 Å². The molecule has 2 atom stereocenters. The Labute approximate surface area is 163 Å². The van der Waals surface area contributed by atoms with Crippen LogP contribution >= 0.6 is 0 Å². The molecule has 0 radical (unpaired) electrons. The third kappa shape index (κ3) is 3.62. The Balaban J connectivity index is 1.64. The second kappa shape index (κ2) is 7.18. The predicted octanol–water partition coefficient (Wildman–Crippen LogP) is 1.85. The molecule has 4 rings (SSSR count). The molecule has 148 valence electrons. The number of hydrogen-bond acceptors (Lipinski definition) is 5. The molecule has 2 aliphatic rings. The number of fused-ring (bicyclic) bond motifs is 1. The summed E-state index contributed by atoms with van der Waals surface area (Å²) in [5.74, 6) is 0.145. The maximum Gasteiger partial charge on any atom is 0.241 e. The zero-order valence-electron chi connectivity index (χ0n) is 15.4. The van der Waals surface area contributed by atoms with Crippen molar-refractivity contribution in [2.45, 2.75) is 18.6 Å². The molecule has 2 saturated heterocycles. The number of methoxy groups -OCH3 is 1. The molecule has 2 heterocycles. The molecule has 1 amide bonds. The van der Waals surface area contributed by atoms with Gasteiger partial charge in [0.2, 0.25) is 5.91 Å². The zero-order chi connectivity index (χ0) is 19.9. The highest BCUT2D eigenvalue weighted by atomic mass is 32.2. The van der Waals surface area contributed by atoms with Gasteiger partial charge in [-0.25, -0.2) is 12.8 Å². The van der Waals surface area contributed by atoms with E-state index in [-0.39, 0.29) is 35.8 Å². The van der Waals surface area contributed by atoms with Crippen LogP contribution in [-0.4, -0.2) is 56.5 Å². The van der Waals surface area contributed by atoms with E-state index in [4.69, 9.17) is 4.74 Å². The smallest absolute Gasteiger partial charge is 0.241 e. The number of nitrogens with zero attached hydrogens (tertiary/aromatic N) is 2. The SMILES string of the molecule is COc1ccc(N2C(=O)CN(Cc3ccc(F)cc3)[C@H]3CS(=O)(=O)C[C@H]32)cc1. The first kappa shape index (κ1) is 18.9. The van der Waals surface area contributed by atoms with Gasteiger partial charge in [-0.2, -0.15) is 0 Å². The first-order valence-electron chi connectivity index (χ1n) is 9.01. The average molecular weight is 404 g/mol. The summed E-state index contributed by atoms with van der Waals surface area (Å²) in [7, 11) is -1.69. The quantitative estimate of drug-likeness (QED) is 0.778. The Morgan fingerprint density at radius 2 is 1.68 bits per heavy atom. The summed E-state index contributed by atoms with van der Waals surface area (Å²) in [6.45, 7) is 0.513. The fourth-order valence-electron chi connectivity index (χ4n) is 4.03. The van der Waals surface area contributed by atoms with Crippen LogP contribution in [0, 0.1) is 5.82 Å². The topological polar surface area (TPSA) is 66.9 Å². The summed E-state index contributed by atoms with van der Waals surface area (Å²) in [5.41, 5.74) is 1.51. The molecule has 0 aromatic heterocycles. The summed E-state index contributed by atoms with van der Waals surface area (Å²) in [6, 6.07) is 12.4. The molecule has 2 aromatic rings. The van der Waals surface area contributed by atoms with Crippen LogP contribution in [-0.2, 0) is 21.2 Å². The van der Waals surface area contributed by atoms with E-state index in [0.717, 1.165) is 5.56 Å². The summed E-state index contributed by atoms with van der Waals surface area (Å²) >= 11 is 0. The Kier molecular flexibility index (Phi) is 4.84. The van der Waals surface area contributed by atoms with Gasteiger partial charge in [-0.15, -0.1) is 0 Å². The van der Waals surface area contributed by atoms with E-state index in [0.29, 0.717) is 18.0 Å². The van der Waals surface area contributed by atoms with Crippen molar-refractivity contribution in [1.82, 2.24) is 4.90 Å². The van der Waals surface area contributed by atoms with Crippen LogP contribution in [0.25, 0.3) is 0 Å². The normalized spacial score (nSPS) is 24.2. The molecule has 2 aromatic carbocycles. The Hall–Kier alpha value is -2.45. The number of benzene rings is 2. The number of hydrogen-bond donors (Lipinski definition) is 0. The fraction of sp³-hybridized carbons (Fsp3) is 0.350. The van der Waals surface area contributed by atoms with Crippen molar-refractivity contribution in [3.63, 3.8) is 0 Å². The lowest BCUT2D eigenvalue weighted by Gasteiger charge is -2.43. The van der Waals surface area contributed by atoms with Gasteiger partial charge in [0, 0.05) is 18.3 Å². The number of ether oxygens (including phenoxy) is 1. The number of rotatable bonds is 4. The number of piperazine rings is 1. The van der Waals surface area contributed by atoms with Crippen LogP contribution in [0.15, 0.2) is 48.5 Å². The van der Waals surface area contributed by atoms with E-state index in [1.54, 1.807) is 48.4 Å². The number of anilines is 1. The number of amides is 1. The maximum absolute atomic E-state index is 13.2. The predicted molar refractivity (Wildman–Crippen MR) is 104 cm³/mol. The van der Waals surface area contributed by atoms with Crippen molar-refractivity contribution in [3.05, 3.63) is 59.9 Å². The highest BCUT2D eigenvalue weighted by Gasteiger charge is 2.49. The van der Waals surface area contributed by atoms with E-state index in [1.807, 2.05) is 4.90 Å². The standard InChI is InChI=1S/C20H21FN2O4S/c1-27-17-8-6-16(7-9-17)23-19-13-28(25,26)12-18(19)22(11-20(23)24)10-14-2-4-15(21)5-3-14/h2-9,18-19H,10-13H2,1H3/t18-,19+/m0/s1. The lowest BCUT2D eigenvalue weighted by atomic mass is 10.0. The van der Waals surface area contributed by atoms with Crippen molar-refractivity contribution in [1.29, 1.82) is 0 Å². The Morgan fingerprint density at radius 3 is 2.32 bits per heavy atom. The molecule has 0 spiro atoms. The lowest BCUT2D eigenvalue weighted by Crippen LogP contribution is -2.61. The molecule has 28 heavy (non-hydrogen) atoms. The highest BCUT2D eigenvalue weighted by Crippen LogP contribution is 2.33. The molecule has 0 saturated carbocycles. The van der Waals surface area contributed by atoms with Gasteiger partial charge in [0.15, 0.2) is 9.84 Å². The van der Waals surface area contributed by atoms with Crippen LogP contribution in [0.1, 0.15) is 5.56 Å². The molecule has 0 aliphatic carbocycles. The van der Waals surface area contributed by atoms with Gasteiger partial charge >= 0.3 is 0 Å². The third-order valence-corrected chi connectivity index (χ3v) is 7.05. The summed E-state index contributed by atoms with van der Waals surface area (Å²) in [4.78, 5) is 16.5. The fourth-order valence-corrected chi connectivity index (χ4v) is 6.01. The minimum absolute atomic E-state index is 0.0127. The highest BCUT2D eigenvalue weighted by molar-refractivity contribution is 7.91. The molecule has 0 unspecified atom stereocenters. The van der Waals surface area contributed by atoms with Crippen LogP contribution in [0.5, 0.6) is 5.75 Å². The molecule has 6 nitrogen and oxygen atoms in total. The molecule has 2 aliphatic heterocycles. The first-order valence-corrected chi connectivity index (χ1v) is 10.8. The number of carbonyl (C=O) groups excluding carboxylic acids is 1. The summed E-state index contributed by atoms with van der Waals surface area (Å²) in [6.07, 6.45) is 0. The number of halogens is 1. The minimum atomic E-state index is -3.26. The van der Waals surface area contributed by atoms with Gasteiger partial charge in [-0.3, -0.25) is 9.69 Å². The van der Waals surface area contributed by atoms with E-state index < -0.39 is 15.9 Å². The lowest BCUT2D eigenvalue weighted by molar-refractivity contribution is -0.123. The second-order valence-corrected chi connectivity index (χ2v) is 9.36. The zero-order valence-corrected chi connectivity index (χ0v) is 16.2. The van der Waals surface area contributed by atoms with Crippen LogP contribution in [0.2, 0.25) is 0 Å². The van der Waals surface area contributed by atoms with E-state index in [1.165, 1.54) is 12.1 Å². The van der Waals surface area contributed by atoms with Crippen molar-refractivity contribution < 1.29 is 22.3 Å². The van der Waals surface area contributed by atoms with E-state index in [2.05, 4.69) is 0 Å². The molecule has 2 fully saturated rings. The Morgan fingerprint density at radius 1 is 1.04 bits per heavy atom. The van der Waals surface area contributed by atoms with Gasteiger partial charge in [0.05, 0.1) is 31.2 Å². The van der Waals surface area contributed by atoms with Crippen molar-refractivity contribution >= 4 is 21.4 Å². The largest absolute Gasteiger partial charge is 0.497 e. The second-order valence-electron chi connectivity index (χ2n) is 7.20. The van der Waals surface area contributed by atoms with Crippen LogP contribution in [0.4, 0.5) is 10.1 Å². The van der Waals surface area contributed by atoms with Crippen molar-refractivity contribution in [2.75, 3.05) is 30.1 Å². The van der Waals surface area contributed by atoms with Crippen molar-refractivity contribution in [2.24, 2.45) is 0 Å². The van der Waals surface area contributed by atoms with E-state index in [9.17, 15) is 17.6 Å². The van der Waals surface area contributed by atoms with Gasteiger partial charge < -0.3 is 9.64 Å².